The Morgan fingerprint density at radius 1 is 1.17 bits per heavy atom. The maximum Gasteiger partial charge on any atom is 0.419 e. The van der Waals surface area contributed by atoms with Crippen LogP contribution in [-0.2, 0) is 15.8 Å². The largest absolute Gasteiger partial charge is 0.481 e. The van der Waals surface area contributed by atoms with E-state index in [0.29, 0.717) is 25.3 Å². The maximum absolute atomic E-state index is 13.4. The Hall–Kier alpha value is -2.22. The van der Waals surface area contributed by atoms with E-state index in [1.54, 1.807) is 0 Å². The summed E-state index contributed by atoms with van der Waals surface area (Å²) in [7, 11) is 0. The van der Waals surface area contributed by atoms with Gasteiger partial charge in [0.2, 0.25) is 0 Å². The standard InChI is InChI=1S/C21H24F4O4/c22-17-10-8-13(11-16(17)21(23,24)25)7-9-15-14(18(26)12-19(15)27)5-3-1-2-4-6-20(28)29/h7-11,14-15,19,27H,1-6,12H2,(H,28,29)/b9-7+. The number of aliphatic carboxylic acids is 1. The summed E-state index contributed by atoms with van der Waals surface area (Å²) >= 11 is 0. The van der Waals surface area contributed by atoms with Gasteiger partial charge in [0.25, 0.3) is 0 Å². The van der Waals surface area contributed by atoms with Crippen LogP contribution in [0.4, 0.5) is 17.6 Å². The number of Topliss-reactive ketones (excluding diaryl/α,β-unsaturated/α-hetero) is 1. The van der Waals surface area contributed by atoms with Gasteiger partial charge in [-0.1, -0.05) is 37.5 Å². The maximum atomic E-state index is 13.4. The number of unbranched alkanes of at least 4 members (excludes halogenated alkanes) is 3. The summed E-state index contributed by atoms with van der Waals surface area (Å²) in [4.78, 5) is 22.7. The summed E-state index contributed by atoms with van der Waals surface area (Å²) in [6, 6.07) is 2.65. The number of carbonyl (C=O) groups excluding carboxylic acids is 1. The Morgan fingerprint density at radius 2 is 1.86 bits per heavy atom. The molecule has 0 bridgehead atoms. The van der Waals surface area contributed by atoms with E-state index < -0.39 is 41.5 Å². The van der Waals surface area contributed by atoms with Gasteiger partial charge < -0.3 is 10.2 Å². The molecule has 0 aliphatic heterocycles. The van der Waals surface area contributed by atoms with Crippen LogP contribution in [0.5, 0.6) is 0 Å². The van der Waals surface area contributed by atoms with Crippen molar-refractivity contribution in [3.05, 3.63) is 41.2 Å². The van der Waals surface area contributed by atoms with Crippen LogP contribution in [0.15, 0.2) is 24.3 Å². The fourth-order valence-electron chi connectivity index (χ4n) is 3.67. The number of alkyl halides is 3. The van der Waals surface area contributed by atoms with Gasteiger partial charge in [-0.25, -0.2) is 4.39 Å². The minimum absolute atomic E-state index is 0.00406. The molecule has 0 saturated heterocycles. The summed E-state index contributed by atoms with van der Waals surface area (Å²) in [5.74, 6) is -3.23. The summed E-state index contributed by atoms with van der Waals surface area (Å²) in [5, 5.41) is 18.8. The first kappa shape index (κ1) is 23.1. The zero-order valence-electron chi connectivity index (χ0n) is 15.8. The summed E-state index contributed by atoms with van der Waals surface area (Å²) in [5.41, 5.74) is -1.22. The van der Waals surface area contributed by atoms with Crippen molar-refractivity contribution in [2.45, 2.75) is 57.2 Å². The van der Waals surface area contributed by atoms with Crippen LogP contribution in [0, 0.1) is 17.7 Å². The predicted octanol–water partition coefficient (Wildman–Crippen LogP) is 4.85. The molecule has 4 nitrogen and oxygen atoms in total. The molecular weight excluding hydrogens is 392 g/mol. The van der Waals surface area contributed by atoms with Gasteiger partial charge in [0, 0.05) is 24.7 Å². The minimum atomic E-state index is -4.81. The van der Waals surface area contributed by atoms with E-state index >= 15 is 0 Å². The van der Waals surface area contributed by atoms with Crippen molar-refractivity contribution in [3.63, 3.8) is 0 Å². The SMILES string of the molecule is O=C(O)CCCCCCC1C(=O)CC(O)C1/C=C/c1ccc(F)c(C(F)(F)F)c1. The average Bonchev–Trinajstić information content (AvgIpc) is 2.89. The van der Waals surface area contributed by atoms with Gasteiger partial charge in [0.1, 0.15) is 11.6 Å². The Balaban J connectivity index is 2.00. The second-order valence-corrected chi connectivity index (χ2v) is 7.36. The first-order chi connectivity index (χ1) is 13.6. The van der Waals surface area contributed by atoms with Gasteiger partial charge in [-0.2, -0.15) is 13.2 Å². The second kappa shape index (κ2) is 10.0. The third-order valence-corrected chi connectivity index (χ3v) is 5.20. The van der Waals surface area contributed by atoms with E-state index in [1.165, 1.54) is 18.2 Å². The molecular formula is C21H24F4O4. The van der Waals surface area contributed by atoms with Gasteiger partial charge in [-0.15, -0.1) is 0 Å². The molecule has 160 valence electrons. The summed E-state index contributed by atoms with van der Waals surface area (Å²) in [6.45, 7) is 0. The first-order valence-electron chi connectivity index (χ1n) is 9.57. The monoisotopic (exact) mass is 416 g/mol. The molecule has 0 radical (unpaired) electrons. The van der Waals surface area contributed by atoms with Crippen molar-refractivity contribution in [2.24, 2.45) is 11.8 Å². The number of hydrogen-bond donors (Lipinski definition) is 2. The van der Waals surface area contributed by atoms with Crippen LogP contribution in [0.1, 0.15) is 56.1 Å². The van der Waals surface area contributed by atoms with E-state index in [0.717, 1.165) is 18.9 Å². The zero-order valence-corrected chi connectivity index (χ0v) is 15.8. The number of carboxylic acid groups (broad SMARTS) is 1. The average molecular weight is 416 g/mol. The smallest absolute Gasteiger partial charge is 0.419 e. The molecule has 1 fully saturated rings. The molecule has 1 aromatic carbocycles. The van der Waals surface area contributed by atoms with Gasteiger partial charge in [0.15, 0.2) is 0 Å². The van der Waals surface area contributed by atoms with Crippen molar-refractivity contribution in [1.82, 2.24) is 0 Å². The lowest BCUT2D eigenvalue weighted by Gasteiger charge is -2.17. The molecule has 1 aliphatic rings. The number of aliphatic hydroxyl groups excluding tert-OH is 1. The molecule has 0 aromatic heterocycles. The van der Waals surface area contributed by atoms with Crippen LogP contribution < -0.4 is 0 Å². The molecule has 1 aromatic rings. The first-order valence-corrected chi connectivity index (χ1v) is 9.57. The van der Waals surface area contributed by atoms with Gasteiger partial charge >= 0.3 is 12.1 Å². The van der Waals surface area contributed by atoms with E-state index in [9.17, 15) is 32.3 Å². The number of ketones is 1. The number of carbonyl (C=O) groups is 2. The molecule has 3 unspecified atom stereocenters. The molecule has 0 spiro atoms. The number of rotatable bonds is 9. The second-order valence-electron chi connectivity index (χ2n) is 7.36. The normalized spacial score (nSPS) is 22.5. The Kier molecular flexibility index (Phi) is 7.96. The highest BCUT2D eigenvalue weighted by Crippen LogP contribution is 2.36. The van der Waals surface area contributed by atoms with Crippen molar-refractivity contribution in [3.8, 4) is 0 Å². The third kappa shape index (κ3) is 6.66. The van der Waals surface area contributed by atoms with E-state index in [4.69, 9.17) is 5.11 Å². The molecule has 2 rings (SSSR count). The predicted molar refractivity (Wildman–Crippen MR) is 98.4 cm³/mol. The van der Waals surface area contributed by atoms with Crippen LogP contribution in [0.25, 0.3) is 6.08 Å². The lowest BCUT2D eigenvalue weighted by Crippen LogP contribution is -2.18. The zero-order chi connectivity index (χ0) is 21.6. The quantitative estimate of drug-likeness (QED) is 0.446. The number of aliphatic hydroxyl groups is 1. The molecule has 0 heterocycles. The van der Waals surface area contributed by atoms with Crippen LogP contribution in [0.3, 0.4) is 0 Å². The van der Waals surface area contributed by atoms with Crippen LogP contribution in [-0.4, -0.2) is 28.1 Å². The Bertz CT molecular complexity index is 758. The number of hydrogen-bond acceptors (Lipinski definition) is 3. The van der Waals surface area contributed by atoms with Crippen molar-refractivity contribution in [1.29, 1.82) is 0 Å². The fraction of sp³-hybridized carbons (Fsp3) is 0.524. The lowest BCUT2D eigenvalue weighted by atomic mass is 9.88. The highest BCUT2D eigenvalue weighted by atomic mass is 19.4. The Morgan fingerprint density at radius 3 is 2.52 bits per heavy atom. The van der Waals surface area contributed by atoms with Gasteiger partial charge in [-0.3, -0.25) is 9.59 Å². The van der Waals surface area contributed by atoms with Crippen molar-refractivity contribution < 1.29 is 37.4 Å². The molecule has 1 aliphatic carbocycles. The lowest BCUT2D eigenvalue weighted by molar-refractivity contribution is -0.140. The fourth-order valence-corrected chi connectivity index (χ4v) is 3.67. The summed E-state index contributed by atoms with van der Waals surface area (Å²) in [6.07, 6.45) is 0.559. The third-order valence-electron chi connectivity index (χ3n) is 5.20. The summed E-state index contributed by atoms with van der Waals surface area (Å²) < 4.78 is 51.9. The molecule has 0 amide bonds. The highest BCUT2D eigenvalue weighted by molar-refractivity contribution is 5.84. The number of halogens is 4. The number of carboxylic acids is 1. The van der Waals surface area contributed by atoms with E-state index in [1.807, 2.05) is 0 Å². The molecule has 3 atom stereocenters. The minimum Gasteiger partial charge on any atom is -0.481 e. The van der Waals surface area contributed by atoms with Gasteiger partial charge in [0.05, 0.1) is 11.7 Å². The van der Waals surface area contributed by atoms with E-state index in [-0.39, 0.29) is 24.2 Å². The number of benzene rings is 1. The highest BCUT2D eigenvalue weighted by Gasteiger charge is 2.39. The molecule has 29 heavy (non-hydrogen) atoms. The van der Waals surface area contributed by atoms with Crippen LogP contribution >= 0.6 is 0 Å². The van der Waals surface area contributed by atoms with Crippen LogP contribution in [0.2, 0.25) is 0 Å². The van der Waals surface area contributed by atoms with Crippen molar-refractivity contribution >= 4 is 17.8 Å². The van der Waals surface area contributed by atoms with E-state index in [2.05, 4.69) is 0 Å². The van der Waals surface area contributed by atoms with Gasteiger partial charge in [-0.05, 0) is 30.5 Å². The topological polar surface area (TPSA) is 74.6 Å². The molecule has 8 heteroatoms. The molecule has 2 N–H and O–H groups in total. The van der Waals surface area contributed by atoms with Crippen molar-refractivity contribution in [2.75, 3.05) is 0 Å². The molecule has 1 saturated carbocycles. The Labute approximate surface area is 166 Å².